The number of hydrogen-bond acceptors (Lipinski definition) is 5. The van der Waals surface area contributed by atoms with Crippen molar-refractivity contribution in [3.8, 4) is 5.75 Å². The van der Waals surface area contributed by atoms with Crippen LogP contribution in [-0.4, -0.2) is 52.1 Å². The molecule has 198 valence electrons. The lowest BCUT2D eigenvalue weighted by Crippen LogP contribution is -2.55. The molecule has 0 aromatic heterocycles. The van der Waals surface area contributed by atoms with Gasteiger partial charge in [-0.1, -0.05) is 46.2 Å². The first kappa shape index (κ1) is 30.3. The van der Waals surface area contributed by atoms with Crippen LogP contribution in [0.15, 0.2) is 24.3 Å². The molecule has 0 aliphatic rings. The minimum Gasteiger partial charge on any atom is -0.508 e. The van der Waals surface area contributed by atoms with Gasteiger partial charge in [0.15, 0.2) is 0 Å². The fourth-order valence-electron chi connectivity index (χ4n) is 3.70. The van der Waals surface area contributed by atoms with Crippen molar-refractivity contribution < 1.29 is 24.2 Å². The minimum absolute atomic E-state index is 0.0737. The Kier molecular flexibility index (Phi) is 12.1. The van der Waals surface area contributed by atoms with Crippen molar-refractivity contribution in [2.45, 2.75) is 105 Å². The van der Waals surface area contributed by atoms with Crippen molar-refractivity contribution in [3.05, 3.63) is 29.8 Å². The molecule has 0 heterocycles. The van der Waals surface area contributed by atoms with Crippen LogP contribution < -0.4 is 10.6 Å². The molecule has 8 nitrogen and oxygen atoms in total. The maximum Gasteiger partial charge on any atom is 0.408 e. The molecular weight excluding hydrogens is 446 g/mol. The predicted molar refractivity (Wildman–Crippen MR) is 138 cm³/mol. The standard InChI is InChI=1S/C27H45N3O5/c1-9-11-16-28-24(32)23(20-12-14-21(31)15-13-20)30(19(5)10-2)25(33)22(17-18(3)4)29-26(34)35-27(6,7)8/h12-15,18-19,22-23,31H,9-11,16-17H2,1-8H3,(H,28,32)(H,29,34). The van der Waals surface area contributed by atoms with Crippen LogP contribution in [0.1, 0.15) is 92.7 Å². The first-order valence-electron chi connectivity index (χ1n) is 12.7. The number of carbonyl (C=O) groups excluding carboxylic acids is 3. The lowest BCUT2D eigenvalue weighted by atomic mass is 9.97. The normalized spacial score (nSPS) is 14.1. The molecule has 3 unspecified atom stereocenters. The Morgan fingerprint density at radius 2 is 1.66 bits per heavy atom. The van der Waals surface area contributed by atoms with Crippen LogP contribution in [0.4, 0.5) is 4.79 Å². The molecule has 3 atom stereocenters. The number of benzene rings is 1. The van der Waals surface area contributed by atoms with Gasteiger partial charge in [-0.3, -0.25) is 9.59 Å². The average molecular weight is 492 g/mol. The molecule has 0 aliphatic carbocycles. The zero-order valence-corrected chi connectivity index (χ0v) is 22.7. The van der Waals surface area contributed by atoms with Gasteiger partial charge in [0, 0.05) is 12.6 Å². The number of alkyl carbamates (subject to hydrolysis) is 1. The summed E-state index contributed by atoms with van der Waals surface area (Å²) < 4.78 is 5.41. The fourth-order valence-corrected chi connectivity index (χ4v) is 3.70. The van der Waals surface area contributed by atoms with E-state index in [1.165, 1.54) is 12.1 Å². The number of carbonyl (C=O) groups is 3. The quantitative estimate of drug-likeness (QED) is 0.360. The summed E-state index contributed by atoms with van der Waals surface area (Å²) >= 11 is 0. The summed E-state index contributed by atoms with van der Waals surface area (Å²) in [5, 5.41) is 15.5. The number of ether oxygens (including phenoxy) is 1. The summed E-state index contributed by atoms with van der Waals surface area (Å²) in [4.78, 5) is 41.6. The maximum absolute atomic E-state index is 14.0. The Balaban J connectivity index is 3.45. The van der Waals surface area contributed by atoms with E-state index >= 15 is 0 Å². The molecule has 0 saturated carbocycles. The van der Waals surface area contributed by atoms with Crippen LogP contribution in [0.2, 0.25) is 0 Å². The van der Waals surface area contributed by atoms with Crippen molar-refractivity contribution in [2.75, 3.05) is 6.54 Å². The molecule has 1 aromatic rings. The summed E-state index contributed by atoms with van der Waals surface area (Å²) in [6.45, 7) is 15.6. The SMILES string of the molecule is CCCCNC(=O)C(c1ccc(O)cc1)N(C(=O)C(CC(C)C)NC(=O)OC(C)(C)C)C(C)CC. The van der Waals surface area contributed by atoms with Crippen molar-refractivity contribution in [3.63, 3.8) is 0 Å². The number of aromatic hydroxyl groups is 1. The Hall–Kier alpha value is -2.77. The van der Waals surface area contributed by atoms with E-state index in [1.54, 1.807) is 37.8 Å². The van der Waals surface area contributed by atoms with Crippen LogP contribution >= 0.6 is 0 Å². The number of phenolic OH excluding ortho intramolecular Hbond substituents is 1. The molecular formula is C27H45N3O5. The molecule has 35 heavy (non-hydrogen) atoms. The van der Waals surface area contributed by atoms with Crippen LogP contribution in [0.3, 0.4) is 0 Å². The van der Waals surface area contributed by atoms with Gasteiger partial charge in [-0.2, -0.15) is 0 Å². The zero-order chi connectivity index (χ0) is 26.8. The smallest absolute Gasteiger partial charge is 0.408 e. The second-order valence-corrected chi connectivity index (χ2v) is 10.5. The van der Waals surface area contributed by atoms with Gasteiger partial charge in [0.1, 0.15) is 23.4 Å². The molecule has 0 fully saturated rings. The second kappa shape index (κ2) is 14.0. The summed E-state index contributed by atoms with van der Waals surface area (Å²) in [6.07, 6.45) is 2.08. The van der Waals surface area contributed by atoms with Gasteiger partial charge in [0.05, 0.1) is 0 Å². The third-order valence-corrected chi connectivity index (χ3v) is 5.58. The lowest BCUT2D eigenvalue weighted by molar-refractivity contribution is -0.145. The summed E-state index contributed by atoms with van der Waals surface area (Å²) in [5.74, 6) is -0.450. The van der Waals surface area contributed by atoms with E-state index < -0.39 is 23.8 Å². The number of unbranched alkanes of at least 4 members (excludes halogenated alkanes) is 1. The highest BCUT2D eigenvalue weighted by Crippen LogP contribution is 2.28. The molecule has 8 heteroatoms. The molecule has 1 aromatic carbocycles. The van der Waals surface area contributed by atoms with Gasteiger partial charge in [-0.05, 0) is 70.6 Å². The highest BCUT2D eigenvalue weighted by atomic mass is 16.6. The topological polar surface area (TPSA) is 108 Å². The van der Waals surface area contributed by atoms with Gasteiger partial charge in [0.2, 0.25) is 11.8 Å². The third-order valence-electron chi connectivity index (χ3n) is 5.58. The van der Waals surface area contributed by atoms with Gasteiger partial charge < -0.3 is 25.4 Å². The molecule has 0 bridgehead atoms. The van der Waals surface area contributed by atoms with Crippen molar-refractivity contribution in [2.24, 2.45) is 5.92 Å². The highest BCUT2D eigenvalue weighted by molar-refractivity contribution is 5.92. The zero-order valence-electron chi connectivity index (χ0n) is 22.7. The third kappa shape index (κ3) is 10.2. The number of nitrogens with one attached hydrogen (secondary N) is 2. The largest absolute Gasteiger partial charge is 0.508 e. The number of amides is 3. The molecule has 3 N–H and O–H groups in total. The van der Waals surface area contributed by atoms with Gasteiger partial charge in [-0.25, -0.2) is 4.79 Å². The van der Waals surface area contributed by atoms with E-state index in [1.807, 2.05) is 34.6 Å². The van der Waals surface area contributed by atoms with Gasteiger partial charge in [-0.15, -0.1) is 0 Å². The van der Waals surface area contributed by atoms with Crippen molar-refractivity contribution in [1.82, 2.24) is 15.5 Å². The number of phenols is 1. The van der Waals surface area contributed by atoms with Crippen LogP contribution in [0.5, 0.6) is 5.75 Å². The van der Waals surface area contributed by atoms with Crippen LogP contribution in [-0.2, 0) is 14.3 Å². The Bertz CT molecular complexity index is 817. The van der Waals surface area contributed by atoms with E-state index in [0.717, 1.165) is 12.8 Å². The first-order valence-corrected chi connectivity index (χ1v) is 12.7. The Morgan fingerprint density at radius 1 is 1.06 bits per heavy atom. The van der Waals surface area contributed by atoms with Crippen molar-refractivity contribution >= 4 is 17.9 Å². The van der Waals surface area contributed by atoms with E-state index in [4.69, 9.17) is 4.74 Å². The highest BCUT2D eigenvalue weighted by Gasteiger charge is 2.38. The molecule has 0 aliphatic heterocycles. The number of rotatable bonds is 12. The number of hydrogen-bond donors (Lipinski definition) is 3. The fraction of sp³-hybridized carbons (Fsp3) is 0.667. The first-order chi connectivity index (χ1) is 16.3. The van der Waals surface area contributed by atoms with E-state index in [0.29, 0.717) is 24.9 Å². The molecule has 1 rings (SSSR count). The summed E-state index contributed by atoms with van der Waals surface area (Å²) in [7, 11) is 0. The Labute approximate surface area is 210 Å². The van der Waals surface area contributed by atoms with Crippen LogP contribution in [0, 0.1) is 5.92 Å². The Morgan fingerprint density at radius 3 is 2.14 bits per heavy atom. The van der Waals surface area contributed by atoms with Crippen LogP contribution in [0.25, 0.3) is 0 Å². The number of nitrogens with zero attached hydrogens (tertiary/aromatic N) is 1. The molecule has 0 radical (unpaired) electrons. The van der Waals surface area contributed by atoms with E-state index in [-0.39, 0.29) is 29.5 Å². The van der Waals surface area contributed by atoms with Gasteiger partial charge >= 0.3 is 6.09 Å². The van der Waals surface area contributed by atoms with E-state index in [2.05, 4.69) is 10.6 Å². The summed E-state index contributed by atoms with van der Waals surface area (Å²) in [5.41, 5.74) is -0.120. The minimum atomic E-state index is -0.912. The lowest BCUT2D eigenvalue weighted by Gasteiger charge is -2.38. The monoisotopic (exact) mass is 491 g/mol. The van der Waals surface area contributed by atoms with Gasteiger partial charge in [0.25, 0.3) is 0 Å². The maximum atomic E-state index is 14.0. The average Bonchev–Trinajstić information content (AvgIpc) is 2.75. The summed E-state index contributed by atoms with van der Waals surface area (Å²) in [6, 6.07) is 4.26. The molecule has 3 amide bonds. The van der Waals surface area contributed by atoms with Crippen molar-refractivity contribution in [1.29, 1.82) is 0 Å². The molecule has 0 spiro atoms. The van der Waals surface area contributed by atoms with E-state index in [9.17, 15) is 19.5 Å². The second-order valence-electron chi connectivity index (χ2n) is 10.5. The molecule has 0 saturated heterocycles. The predicted octanol–water partition coefficient (Wildman–Crippen LogP) is 4.92.